The number of carbonyl (C=O) groups is 1. The molecule has 6 heteroatoms. The zero-order valence-corrected chi connectivity index (χ0v) is 13.4. The van der Waals surface area contributed by atoms with Crippen LogP contribution in [0.25, 0.3) is 0 Å². The average molecular weight is 308 g/mol. The summed E-state index contributed by atoms with van der Waals surface area (Å²) in [5.41, 5.74) is 5.96. The molecule has 0 spiro atoms. The number of nitrogens with one attached hydrogen (secondary N) is 1. The fourth-order valence-electron chi connectivity index (χ4n) is 2.40. The summed E-state index contributed by atoms with van der Waals surface area (Å²) in [6.45, 7) is 4.74. The van der Waals surface area contributed by atoms with E-state index in [1.165, 1.54) is 37.0 Å². The Kier molecular flexibility index (Phi) is 4.33. The number of nitrogen functional groups attached to an aromatic ring is 1. The van der Waals surface area contributed by atoms with E-state index in [9.17, 15) is 4.79 Å². The number of carbonyl (C=O) groups excluding carboxylic acids is 1. The van der Waals surface area contributed by atoms with E-state index < -0.39 is 0 Å². The molecule has 1 aromatic heterocycles. The average Bonchev–Trinajstić information content (AvgIpc) is 3.37. The van der Waals surface area contributed by atoms with Gasteiger partial charge in [-0.1, -0.05) is 18.3 Å². The minimum absolute atomic E-state index is 0.0772. The zero-order chi connectivity index (χ0) is 14.8. The molecule has 2 aliphatic carbocycles. The Morgan fingerprint density at radius 1 is 1.33 bits per heavy atom. The number of aromatic nitrogens is 1. The predicted molar refractivity (Wildman–Crippen MR) is 86.7 cm³/mol. The van der Waals surface area contributed by atoms with Crippen molar-refractivity contribution in [3.05, 3.63) is 4.88 Å². The molecule has 2 fully saturated rings. The van der Waals surface area contributed by atoms with Gasteiger partial charge in [0.2, 0.25) is 0 Å². The summed E-state index contributed by atoms with van der Waals surface area (Å²) in [6, 6.07) is 0. The first-order valence-electron chi connectivity index (χ1n) is 7.96. The maximum absolute atomic E-state index is 12.8. The molecular weight excluding hydrogens is 284 g/mol. The number of hydrogen-bond acceptors (Lipinski definition) is 5. The third kappa shape index (κ3) is 3.87. The Morgan fingerprint density at radius 2 is 1.95 bits per heavy atom. The van der Waals surface area contributed by atoms with Crippen LogP contribution in [0.1, 0.15) is 48.7 Å². The van der Waals surface area contributed by atoms with Gasteiger partial charge in [-0.05, 0) is 43.9 Å². The molecule has 2 aliphatic rings. The van der Waals surface area contributed by atoms with Gasteiger partial charge in [0, 0.05) is 19.6 Å². The molecule has 1 heterocycles. The van der Waals surface area contributed by atoms with E-state index >= 15 is 0 Å². The van der Waals surface area contributed by atoms with Crippen molar-refractivity contribution in [3.8, 4) is 0 Å². The smallest absolute Gasteiger partial charge is 0.267 e. The molecule has 0 aromatic carbocycles. The Bertz CT molecular complexity index is 494. The van der Waals surface area contributed by atoms with Crippen LogP contribution in [0.4, 0.5) is 10.9 Å². The quantitative estimate of drug-likeness (QED) is 0.774. The number of amides is 1. The van der Waals surface area contributed by atoms with Gasteiger partial charge in [-0.2, -0.15) is 0 Å². The van der Waals surface area contributed by atoms with E-state index in [1.807, 2.05) is 4.90 Å². The number of nitrogens with zero attached hydrogens (tertiary/aromatic N) is 2. The number of hydrogen-bond donors (Lipinski definition) is 2. The Labute approximate surface area is 129 Å². The van der Waals surface area contributed by atoms with Crippen molar-refractivity contribution >= 4 is 28.2 Å². The molecule has 21 heavy (non-hydrogen) atoms. The molecule has 0 aliphatic heterocycles. The molecule has 0 saturated heterocycles. The molecule has 5 nitrogen and oxygen atoms in total. The highest BCUT2D eigenvalue weighted by Gasteiger charge is 2.33. The van der Waals surface area contributed by atoms with Crippen molar-refractivity contribution in [1.29, 1.82) is 0 Å². The summed E-state index contributed by atoms with van der Waals surface area (Å²) >= 11 is 1.39. The molecule has 2 saturated carbocycles. The molecule has 3 rings (SSSR count). The topological polar surface area (TPSA) is 71.2 Å². The number of anilines is 2. The fourth-order valence-corrected chi connectivity index (χ4v) is 3.28. The Balaban J connectivity index is 1.69. The standard InChI is InChI=1S/C15H24N4OS/c1-2-7-17-15-18-13(16)12(21-15)14(20)19(8-10-3-4-10)9-11-5-6-11/h10-11H,2-9,16H2,1H3,(H,17,18). The second-order valence-corrected chi connectivity index (χ2v) is 7.26. The molecule has 116 valence electrons. The lowest BCUT2D eigenvalue weighted by molar-refractivity contribution is 0.0745. The Morgan fingerprint density at radius 3 is 2.48 bits per heavy atom. The van der Waals surface area contributed by atoms with Crippen LogP contribution in [-0.2, 0) is 0 Å². The van der Waals surface area contributed by atoms with Crippen LogP contribution in [-0.4, -0.2) is 35.4 Å². The second kappa shape index (κ2) is 6.22. The van der Waals surface area contributed by atoms with E-state index in [0.717, 1.165) is 31.2 Å². The second-order valence-electron chi connectivity index (χ2n) is 6.26. The van der Waals surface area contributed by atoms with Crippen molar-refractivity contribution in [2.24, 2.45) is 11.8 Å². The molecule has 0 atom stereocenters. The van der Waals surface area contributed by atoms with Gasteiger partial charge in [0.15, 0.2) is 5.13 Å². The highest BCUT2D eigenvalue weighted by molar-refractivity contribution is 7.18. The van der Waals surface area contributed by atoms with Crippen molar-refractivity contribution in [2.45, 2.75) is 39.0 Å². The van der Waals surface area contributed by atoms with Gasteiger partial charge in [-0.15, -0.1) is 0 Å². The van der Waals surface area contributed by atoms with Gasteiger partial charge in [0.05, 0.1) is 0 Å². The lowest BCUT2D eigenvalue weighted by atomic mass is 10.3. The van der Waals surface area contributed by atoms with Gasteiger partial charge >= 0.3 is 0 Å². The summed E-state index contributed by atoms with van der Waals surface area (Å²) in [6.07, 6.45) is 6.07. The van der Waals surface area contributed by atoms with Crippen LogP contribution in [0, 0.1) is 11.8 Å². The first kappa shape index (κ1) is 14.6. The molecule has 0 unspecified atom stereocenters. The third-order valence-electron chi connectivity index (χ3n) is 4.01. The predicted octanol–water partition coefficient (Wildman–Crippen LogP) is 2.81. The van der Waals surface area contributed by atoms with Gasteiger partial charge in [-0.3, -0.25) is 4.79 Å². The molecule has 0 bridgehead atoms. The van der Waals surface area contributed by atoms with Crippen LogP contribution >= 0.6 is 11.3 Å². The number of thiazole rings is 1. The monoisotopic (exact) mass is 308 g/mol. The van der Waals surface area contributed by atoms with Gasteiger partial charge < -0.3 is 16.0 Å². The SMILES string of the molecule is CCCNc1nc(N)c(C(=O)N(CC2CC2)CC2CC2)s1. The van der Waals surface area contributed by atoms with E-state index in [4.69, 9.17) is 5.73 Å². The highest BCUT2D eigenvalue weighted by Crippen LogP contribution is 2.35. The summed E-state index contributed by atoms with van der Waals surface area (Å²) in [7, 11) is 0. The van der Waals surface area contributed by atoms with E-state index in [0.29, 0.717) is 22.5 Å². The summed E-state index contributed by atoms with van der Waals surface area (Å²) in [5, 5.41) is 3.97. The lowest BCUT2D eigenvalue weighted by Gasteiger charge is -2.22. The maximum atomic E-state index is 12.8. The van der Waals surface area contributed by atoms with Crippen molar-refractivity contribution in [1.82, 2.24) is 9.88 Å². The van der Waals surface area contributed by atoms with Crippen LogP contribution in [0.2, 0.25) is 0 Å². The molecule has 1 amide bonds. The minimum Gasteiger partial charge on any atom is -0.382 e. The normalized spacial score (nSPS) is 17.8. The highest BCUT2D eigenvalue weighted by atomic mass is 32.1. The molecule has 1 aromatic rings. The van der Waals surface area contributed by atoms with Crippen LogP contribution in [0.15, 0.2) is 0 Å². The zero-order valence-electron chi connectivity index (χ0n) is 12.6. The number of nitrogens with two attached hydrogens (primary N) is 1. The van der Waals surface area contributed by atoms with Crippen LogP contribution in [0.3, 0.4) is 0 Å². The molecule has 0 radical (unpaired) electrons. The molecule has 3 N–H and O–H groups in total. The largest absolute Gasteiger partial charge is 0.382 e. The van der Waals surface area contributed by atoms with E-state index in [1.54, 1.807) is 0 Å². The third-order valence-corrected chi connectivity index (χ3v) is 5.03. The van der Waals surface area contributed by atoms with E-state index in [2.05, 4.69) is 17.2 Å². The fraction of sp³-hybridized carbons (Fsp3) is 0.733. The van der Waals surface area contributed by atoms with E-state index in [-0.39, 0.29) is 5.91 Å². The first-order valence-corrected chi connectivity index (χ1v) is 8.78. The van der Waals surface area contributed by atoms with Gasteiger partial charge in [0.1, 0.15) is 10.7 Å². The maximum Gasteiger partial charge on any atom is 0.267 e. The summed E-state index contributed by atoms with van der Waals surface area (Å²) in [4.78, 5) is 19.7. The van der Waals surface area contributed by atoms with Gasteiger partial charge in [-0.25, -0.2) is 4.98 Å². The van der Waals surface area contributed by atoms with Crippen molar-refractivity contribution < 1.29 is 4.79 Å². The van der Waals surface area contributed by atoms with Crippen molar-refractivity contribution in [3.63, 3.8) is 0 Å². The first-order chi connectivity index (χ1) is 10.2. The minimum atomic E-state index is 0.0772. The summed E-state index contributed by atoms with van der Waals surface area (Å²) < 4.78 is 0. The van der Waals surface area contributed by atoms with Crippen LogP contribution < -0.4 is 11.1 Å². The van der Waals surface area contributed by atoms with Crippen molar-refractivity contribution in [2.75, 3.05) is 30.7 Å². The number of rotatable bonds is 8. The summed E-state index contributed by atoms with van der Waals surface area (Å²) in [5.74, 6) is 1.87. The van der Waals surface area contributed by atoms with Gasteiger partial charge in [0.25, 0.3) is 5.91 Å². The molecular formula is C15H24N4OS. The Hall–Kier alpha value is -1.30. The van der Waals surface area contributed by atoms with Crippen LogP contribution in [0.5, 0.6) is 0 Å². The lowest BCUT2D eigenvalue weighted by Crippen LogP contribution is -2.34.